The summed E-state index contributed by atoms with van der Waals surface area (Å²) in [5, 5.41) is 0. The molecule has 0 unspecified atom stereocenters. The molecule has 0 radical (unpaired) electrons. The van der Waals surface area contributed by atoms with Crippen LogP contribution in [0.15, 0.2) is 0 Å². The summed E-state index contributed by atoms with van der Waals surface area (Å²) < 4.78 is 0. The molecule has 1 aliphatic rings. The van der Waals surface area contributed by atoms with Gasteiger partial charge >= 0.3 is 21.1 Å². The summed E-state index contributed by atoms with van der Waals surface area (Å²) in [5.74, 6) is 0. The van der Waals surface area contributed by atoms with E-state index in [0.29, 0.717) is 6.04 Å². The van der Waals surface area contributed by atoms with Crippen LogP contribution < -0.4 is 24.3 Å². The SMILES string of the molecule is N.NC1CCCCC1.[Cl-].[OH-].[Pt+2]. The first-order chi connectivity index (χ1) is 3.39. The van der Waals surface area contributed by atoms with E-state index in [0.717, 1.165) is 0 Å². The summed E-state index contributed by atoms with van der Waals surface area (Å²) in [6.07, 6.45) is 6.66. The van der Waals surface area contributed by atoms with Crippen LogP contribution in [0.2, 0.25) is 0 Å². The molecule has 1 aliphatic carbocycles. The summed E-state index contributed by atoms with van der Waals surface area (Å²) in [6.45, 7) is 0. The molecule has 0 saturated heterocycles. The van der Waals surface area contributed by atoms with E-state index in [9.17, 15) is 0 Å². The Morgan fingerprint density at radius 3 is 1.55 bits per heavy atom. The number of nitrogens with two attached hydrogens (primary N) is 1. The Morgan fingerprint density at radius 2 is 1.36 bits per heavy atom. The normalized spacial score (nSPS) is 16.1. The molecule has 0 aromatic rings. The fourth-order valence-corrected chi connectivity index (χ4v) is 1.13. The third-order valence-corrected chi connectivity index (χ3v) is 1.65. The van der Waals surface area contributed by atoms with Crippen LogP contribution in [0.5, 0.6) is 0 Å². The Labute approximate surface area is 89.1 Å². The molecule has 0 aromatic carbocycles. The van der Waals surface area contributed by atoms with Gasteiger partial charge in [0.2, 0.25) is 0 Å². The number of hydrogen-bond acceptors (Lipinski definition) is 3. The van der Waals surface area contributed by atoms with Crippen molar-refractivity contribution in [3.05, 3.63) is 0 Å². The van der Waals surface area contributed by atoms with Crippen LogP contribution in [-0.4, -0.2) is 11.5 Å². The monoisotopic (exact) mass is 363 g/mol. The summed E-state index contributed by atoms with van der Waals surface area (Å²) in [7, 11) is 0. The van der Waals surface area contributed by atoms with Gasteiger partial charge in [0.1, 0.15) is 0 Å². The van der Waals surface area contributed by atoms with Gasteiger partial charge < -0.3 is 29.8 Å². The van der Waals surface area contributed by atoms with E-state index in [1.807, 2.05) is 0 Å². The molecule has 0 heterocycles. The predicted octanol–water partition coefficient (Wildman–Crippen LogP) is -1.74. The molecule has 0 amide bonds. The maximum atomic E-state index is 5.63. The molecule has 3 nitrogen and oxygen atoms in total. The second kappa shape index (κ2) is 13.4. The van der Waals surface area contributed by atoms with Gasteiger partial charge in [0.15, 0.2) is 0 Å². The van der Waals surface area contributed by atoms with Crippen molar-refractivity contribution in [1.82, 2.24) is 6.15 Å². The van der Waals surface area contributed by atoms with Gasteiger partial charge in [-0.3, -0.25) is 0 Å². The average molecular weight is 364 g/mol. The number of hydrogen-bond donors (Lipinski definition) is 2. The van der Waals surface area contributed by atoms with Crippen molar-refractivity contribution in [2.75, 3.05) is 0 Å². The van der Waals surface area contributed by atoms with Crippen molar-refractivity contribution in [2.45, 2.75) is 38.1 Å². The van der Waals surface area contributed by atoms with Crippen molar-refractivity contribution in [1.29, 1.82) is 0 Å². The van der Waals surface area contributed by atoms with Crippen molar-refractivity contribution in [2.24, 2.45) is 5.73 Å². The molecule has 5 heteroatoms. The molecule has 1 rings (SSSR count). The first kappa shape index (κ1) is 22.6. The van der Waals surface area contributed by atoms with Crippen molar-refractivity contribution in [3.63, 3.8) is 0 Å². The largest absolute Gasteiger partial charge is 2.00 e. The number of halogens is 1. The smallest absolute Gasteiger partial charge is 1.00 e. The Kier molecular flexibility index (Phi) is 27.7. The van der Waals surface area contributed by atoms with Crippen molar-refractivity contribution < 1.29 is 38.9 Å². The van der Waals surface area contributed by atoms with Gasteiger partial charge in [-0.05, 0) is 12.8 Å². The maximum Gasteiger partial charge on any atom is 2.00 e. The summed E-state index contributed by atoms with van der Waals surface area (Å²) in [6, 6.07) is 0.536. The molecule has 6 N–H and O–H groups in total. The van der Waals surface area contributed by atoms with Crippen LogP contribution in [0.1, 0.15) is 32.1 Å². The van der Waals surface area contributed by atoms with E-state index in [1.165, 1.54) is 32.1 Å². The quantitative estimate of drug-likeness (QED) is 0.535. The minimum absolute atomic E-state index is 0. The summed E-state index contributed by atoms with van der Waals surface area (Å²) >= 11 is 0. The van der Waals surface area contributed by atoms with Gasteiger partial charge in [0, 0.05) is 6.04 Å². The van der Waals surface area contributed by atoms with Crippen LogP contribution in [0, 0.1) is 0 Å². The Morgan fingerprint density at radius 1 is 1.00 bits per heavy atom. The zero-order valence-electron chi connectivity index (χ0n) is 6.54. The third kappa shape index (κ3) is 10.9. The second-order valence-electron chi connectivity index (χ2n) is 2.40. The van der Waals surface area contributed by atoms with E-state index in [1.54, 1.807) is 0 Å². The molecule has 1 saturated carbocycles. The van der Waals surface area contributed by atoms with E-state index in [-0.39, 0.29) is 45.1 Å². The van der Waals surface area contributed by atoms with Crippen LogP contribution in [-0.2, 0) is 21.1 Å². The second-order valence-corrected chi connectivity index (χ2v) is 2.40. The molecule has 1 fully saturated rings. The Bertz CT molecular complexity index is 62.5. The first-order valence-electron chi connectivity index (χ1n) is 3.15. The molecule has 74 valence electrons. The number of rotatable bonds is 0. The van der Waals surface area contributed by atoms with E-state index < -0.39 is 0 Å². The predicted molar refractivity (Wildman–Crippen MR) is 38.0 cm³/mol. The Hall–Kier alpha value is 0.858. The van der Waals surface area contributed by atoms with Gasteiger partial charge in [-0.1, -0.05) is 19.3 Å². The summed E-state index contributed by atoms with van der Waals surface area (Å²) in [5.41, 5.74) is 5.63. The molecular weight excluding hydrogens is 347 g/mol. The molecular formula is C6H17ClN2OPt. The summed E-state index contributed by atoms with van der Waals surface area (Å²) in [4.78, 5) is 0. The van der Waals surface area contributed by atoms with Gasteiger partial charge in [-0.25, -0.2) is 0 Å². The maximum absolute atomic E-state index is 5.63. The molecule has 0 spiro atoms. The third-order valence-electron chi connectivity index (χ3n) is 1.65. The first-order valence-corrected chi connectivity index (χ1v) is 3.15. The average Bonchev–Trinajstić information content (AvgIpc) is 1.69. The minimum Gasteiger partial charge on any atom is -1.00 e. The van der Waals surface area contributed by atoms with E-state index in [4.69, 9.17) is 5.73 Å². The molecule has 11 heavy (non-hydrogen) atoms. The molecule has 0 atom stereocenters. The van der Waals surface area contributed by atoms with Gasteiger partial charge in [-0.15, -0.1) is 0 Å². The van der Waals surface area contributed by atoms with E-state index >= 15 is 0 Å². The fourth-order valence-electron chi connectivity index (χ4n) is 1.13. The van der Waals surface area contributed by atoms with Gasteiger partial charge in [0.05, 0.1) is 0 Å². The fraction of sp³-hybridized carbons (Fsp3) is 1.00. The van der Waals surface area contributed by atoms with E-state index in [2.05, 4.69) is 0 Å². The van der Waals surface area contributed by atoms with Gasteiger partial charge in [-0.2, -0.15) is 0 Å². The zero-order chi connectivity index (χ0) is 5.11. The van der Waals surface area contributed by atoms with Crippen molar-refractivity contribution >= 4 is 0 Å². The van der Waals surface area contributed by atoms with Crippen LogP contribution in [0.4, 0.5) is 0 Å². The standard InChI is InChI=1S/C6H13N.ClH.H3N.H2O.Pt/c7-6-4-2-1-3-5-6;;;;/h6H,1-5,7H2;1H;1H3;1H2;/q;;;;+2/p-2. The van der Waals surface area contributed by atoms with Crippen molar-refractivity contribution in [3.8, 4) is 0 Å². The minimum atomic E-state index is 0. The van der Waals surface area contributed by atoms with Crippen LogP contribution in [0.25, 0.3) is 0 Å². The molecule has 0 aromatic heterocycles. The Balaban J connectivity index is -0.0000000612. The van der Waals surface area contributed by atoms with Crippen LogP contribution in [0.3, 0.4) is 0 Å². The van der Waals surface area contributed by atoms with Crippen LogP contribution >= 0.6 is 0 Å². The molecule has 0 bridgehead atoms. The van der Waals surface area contributed by atoms with Gasteiger partial charge in [0.25, 0.3) is 0 Å². The topological polar surface area (TPSA) is 91.0 Å². The zero-order valence-corrected chi connectivity index (χ0v) is 9.57. The molecule has 0 aliphatic heterocycles.